The number of aromatic nitrogens is 2. The number of rotatable bonds is 7. The number of nitrogens with two attached hydrogens (primary N) is 1. The molecule has 1 amide bonds. The summed E-state index contributed by atoms with van der Waals surface area (Å²) in [5.41, 5.74) is 6.86. The molecule has 1 aromatic heterocycles. The van der Waals surface area contributed by atoms with E-state index in [1.54, 1.807) is 18.2 Å². The van der Waals surface area contributed by atoms with Gasteiger partial charge in [0, 0.05) is 12.8 Å². The fourth-order valence-electron chi connectivity index (χ4n) is 3.53. The van der Waals surface area contributed by atoms with E-state index in [4.69, 9.17) is 10.5 Å². The van der Waals surface area contributed by atoms with Gasteiger partial charge in [-0.3, -0.25) is 9.59 Å². The molecular formula is C24H29N3O3. The topological polar surface area (TPSA) is 98.1 Å². The minimum atomic E-state index is -0.340. The van der Waals surface area contributed by atoms with Crippen molar-refractivity contribution in [3.63, 3.8) is 0 Å². The Labute approximate surface area is 176 Å². The maximum absolute atomic E-state index is 11.7. The summed E-state index contributed by atoms with van der Waals surface area (Å²) >= 11 is 0. The lowest BCUT2D eigenvalue weighted by molar-refractivity contribution is -0.118. The molecule has 0 bridgehead atoms. The van der Waals surface area contributed by atoms with E-state index in [0.29, 0.717) is 42.1 Å². The molecule has 1 aliphatic carbocycles. The van der Waals surface area contributed by atoms with Gasteiger partial charge in [0.15, 0.2) is 0 Å². The average Bonchev–Trinajstić information content (AvgIpc) is 3.27. The number of amides is 1. The van der Waals surface area contributed by atoms with Gasteiger partial charge < -0.3 is 15.5 Å². The number of hydrogen-bond donors (Lipinski definition) is 2. The molecule has 4 rings (SSSR count). The molecule has 3 N–H and O–H groups in total. The van der Waals surface area contributed by atoms with E-state index >= 15 is 0 Å². The van der Waals surface area contributed by atoms with E-state index in [2.05, 4.69) is 34.2 Å². The summed E-state index contributed by atoms with van der Waals surface area (Å²) in [6, 6.07) is 17.6. The molecule has 6 nitrogen and oxygen atoms in total. The number of nitrogens with zero attached hydrogens (tertiary/aromatic N) is 1. The molecule has 0 spiro atoms. The van der Waals surface area contributed by atoms with E-state index in [0.717, 1.165) is 6.61 Å². The minimum absolute atomic E-state index is 0.148. The van der Waals surface area contributed by atoms with Crippen molar-refractivity contribution in [3.8, 4) is 0 Å². The van der Waals surface area contributed by atoms with Crippen molar-refractivity contribution in [1.82, 2.24) is 9.97 Å². The minimum Gasteiger partial charge on any atom is -0.374 e. The first-order chi connectivity index (χ1) is 14.6. The van der Waals surface area contributed by atoms with Crippen LogP contribution in [0.4, 0.5) is 0 Å². The van der Waals surface area contributed by atoms with Gasteiger partial charge in [-0.25, -0.2) is 4.98 Å². The summed E-state index contributed by atoms with van der Waals surface area (Å²) in [5, 5.41) is 0.575. The number of fused-ring (bicyclic) bond motifs is 1. The fraction of sp³-hybridized carbons (Fsp3) is 0.375. The van der Waals surface area contributed by atoms with Crippen LogP contribution in [0.1, 0.15) is 49.9 Å². The van der Waals surface area contributed by atoms with Gasteiger partial charge in [0.1, 0.15) is 5.82 Å². The third-order valence-electron chi connectivity index (χ3n) is 5.13. The first-order valence-corrected chi connectivity index (χ1v) is 10.5. The molecule has 0 unspecified atom stereocenters. The Kier molecular flexibility index (Phi) is 8.15. The van der Waals surface area contributed by atoms with Gasteiger partial charge in [-0.2, -0.15) is 0 Å². The Morgan fingerprint density at radius 1 is 1.07 bits per heavy atom. The lowest BCUT2D eigenvalue weighted by atomic mass is 10.2. The number of hydrogen-bond acceptors (Lipinski definition) is 4. The Balaban J connectivity index is 0.000000177. The summed E-state index contributed by atoms with van der Waals surface area (Å²) in [4.78, 5) is 29.3. The number of primary amides is 1. The van der Waals surface area contributed by atoms with Crippen LogP contribution in [0.5, 0.6) is 0 Å². The zero-order valence-corrected chi connectivity index (χ0v) is 17.2. The molecule has 3 aromatic rings. The zero-order chi connectivity index (χ0) is 21.2. The van der Waals surface area contributed by atoms with Crippen LogP contribution < -0.4 is 11.3 Å². The number of carbonyl (C=O) groups excluding carboxylic acids is 1. The number of nitrogens with one attached hydrogen (secondary N) is 1. The lowest BCUT2D eigenvalue weighted by Crippen LogP contribution is -2.14. The summed E-state index contributed by atoms with van der Waals surface area (Å²) in [5.74, 6) is 0.253. The van der Waals surface area contributed by atoms with Crippen LogP contribution in [0, 0.1) is 0 Å². The van der Waals surface area contributed by atoms with Gasteiger partial charge in [0.05, 0.1) is 23.6 Å². The van der Waals surface area contributed by atoms with Crippen LogP contribution in [0.25, 0.3) is 10.9 Å². The number of H-pyrrole nitrogens is 1. The molecule has 2 aromatic carbocycles. The Hall–Kier alpha value is -2.99. The van der Waals surface area contributed by atoms with Gasteiger partial charge >= 0.3 is 0 Å². The molecule has 0 radical (unpaired) electrons. The van der Waals surface area contributed by atoms with Crippen molar-refractivity contribution < 1.29 is 9.53 Å². The van der Waals surface area contributed by atoms with Crippen LogP contribution in [-0.2, 0) is 22.6 Å². The highest BCUT2D eigenvalue weighted by molar-refractivity contribution is 5.77. The molecular weight excluding hydrogens is 378 g/mol. The first-order valence-electron chi connectivity index (χ1n) is 10.5. The van der Waals surface area contributed by atoms with Crippen LogP contribution in [0.15, 0.2) is 59.4 Å². The Morgan fingerprint density at radius 2 is 1.77 bits per heavy atom. The van der Waals surface area contributed by atoms with E-state index < -0.39 is 0 Å². The van der Waals surface area contributed by atoms with Crippen molar-refractivity contribution in [2.45, 2.75) is 57.7 Å². The van der Waals surface area contributed by atoms with E-state index in [1.165, 1.54) is 31.2 Å². The molecule has 158 valence electrons. The molecule has 0 atom stereocenters. The van der Waals surface area contributed by atoms with Crippen molar-refractivity contribution in [1.29, 1.82) is 0 Å². The molecule has 1 fully saturated rings. The van der Waals surface area contributed by atoms with Gasteiger partial charge in [-0.05, 0) is 37.0 Å². The van der Waals surface area contributed by atoms with Crippen molar-refractivity contribution in [3.05, 3.63) is 76.3 Å². The number of aryl methyl sites for hydroxylation is 1. The second-order valence-electron chi connectivity index (χ2n) is 7.55. The highest BCUT2D eigenvalue weighted by Gasteiger charge is 2.14. The number of aromatic amines is 1. The van der Waals surface area contributed by atoms with Gasteiger partial charge in [-0.1, -0.05) is 55.3 Å². The van der Waals surface area contributed by atoms with Crippen molar-refractivity contribution in [2.75, 3.05) is 0 Å². The second kappa shape index (κ2) is 11.3. The molecule has 0 aliphatic heterocycles. The zero-order valence-electron chi connectivity index (χ0n) is 17.2. The predicted octanol–water partition coefficient (Wildman–Crippen LogP) is 3.88. The molecule has 1 heterocycles. The number of carbonyl (C=O) groups is 1. The Bertz CT molecular complexity index is 995. The SMILES string of the molecule is NC(=O)CCCc1nc2ccccc2c(=O)[nH]1.c1ccc(COC2CCCC2)cc1. The standard InChI is InChI=1S/C12H13N3O2.C12H16O/c13-10(16)6-3-7-11-14-9-5-2-1-4-8(9)12(17)15-11;1-2-6-11(7-3-1)10-13-12-8-4-5-9-12/h1-2,4-5H,3,6-7H2,(H2,13,16)(H,14,15,17);1-3,6-7,12H,4-5,8-10H2. The summed E-state index contributed by atoms with van der Waals surface area (Å²) in [7, 11) is 0. The Morgan fingerprint density at radius 3 is 2.50 bits per heavy atom. The van der Waals surface area contributed by atoms with Gasteiger partial charge in [-0.15, -0.1) is 0 Å². The normalized spacial score (nSPS) is 13.7. The third-order valence-corrected chi connectivity index (χ3v) is 5.13. The highest BCUT2D eigenvalue weighted by Crippen LogP contribution is 2.21. The van der Waals surface area contributed by atoms with Gasteiger partial charge in [0.2, 0.25) is 5.91 Å². The van der Waals surface area contributed by atoms with E-state index in [-0.39, 0.29) is 11.5 Å². The smallest absolute Gasteiger partial charge is 0.258 e. The van der Waals surface area contributed by atoms with E-state index in [9.17, 15) is 9.59 Å². The summed E-state index contributed by atoms with van der Waals surface area (Å²) < 4.78 is 5.79. The van der Waals surface area contributed by atoms with Crippen LogP contribution in [-0.4, -0.2) is 22.0 Å². The number of para-hydroxylation sites is 1. The maximum Gasteiger partial charge on any atom is 0.258 e. The van der Waals surface area contributed by atoms with Crippen molar-refractivity contribution >= 4 is 16.8 Å². The van der Waals surface area contributed by atoms with Gasteiger partial charge in [0.25, 0.3) is 5.56 Å². The lowest BCUT2D eigenvalue weighted by Gasteiger charge is -2.10. The molecule has 6 heteroatoms. The third kappa shape index (κ3) is 6.81. The molecule has 1 saturated carbocycles. The molecule has 30 heavy (non-hydrogen) atoms. The highest BCUT2D eigenvalue weighted by atomic mass is 16.5. The number of benzene rings is 2. The van der Waals surface area contributed by atoms with Crippen molar-refractivity contribution in [2.24, 2.45) is 5.73 Å². The van der Waals surface area contributed by atoms with Crippen LogP contribution >= 0.6 is 0 Å². The quantitative estimate of drug-likeness (QED) is 0.621. The van der Waals surface area contributed by atoms with E-state index in [1.807, 2.05) is 12.1 Å². The maximum atomic E-state index is 11.7. The first kappa shape index (κ1) is 21.7. The average molecular weight is 408 g/mol. The monoisotopic (exact) mass is 407 g/mol. The summed E-state index contributed by atoms with van der Waals surface area (Å²) in [6.07, 6.45) is 7.18. The number of ether oxygens (including phenoxy) is 1. The summed E-state index contributed by atoms with van der Waals surface area (Å²) in [6.45, 7) is 0.783. The predicted molar refractivity (Wildman–Crippen MR) is 118 cm³/mol. The fourth-order valence-corrected chi connectivity index (χ4v) is 3.53. The molecule has 0 saturated heterocycles. The largest absolute Gasteiger partial charge is 0.374 e. The van der Waals surface area contributed by atoms with Crippen LogP contribution in [0.3, 0.4) is 0 Å². The molecule has 1 aliphatic rings. The van der Waals surface area contributed by atoms with Crippen LogP contribution in [0.2, 0.25) is 0 Å². The second-order valence-corrected chi connectivity index (χ2v) is 7.55.